The predicted octanol–water partition coefficient (Wildman–Crippen LogP) is 3.72. The molecule has 3 aromatic carbocycles. The summed E-state index contributed by atoms with van der Waals surface area (Å²) in [7, 11) is 1.52. The summed E-state index contributed by atoms with van der Waals surface area (Å²) >= 11 is 0. The summed E-state index contributed by atoms with van der Waals surface area (Å²) in [6.45, 7) is 4.67. The molecule has 1 aliphatic heterocycles. The van der Waals surface area contributed by atoms with Gasteiger partial charge < -0.3 is 14.8 Å². The molecule has 0 atom stereocenters. The third-order valence-corrected chi connectivity index (χ3v) is 5.44. The molecule has 1 aliphatic rings. The van der Waals surface area contributed by atoms with Crippen LogP contribution in [0.1, 0.15) is 10.4 Å². The van der Waals surface area contributed by atoms with Gasteiger partial charge in [-0.1, -0.05) is 30.3 Å². The van der Waals surface area contributed by atoms with E-state index in [1.54, 1.807) is 6.07 Å². The van der Waals surface area contributed by atoms with Gasteiger partial charge in [0.2, 0.25) is 0 Å². The fourth-order valence-electron chi connectivity index (χ4n) is 3.88. The average molecular weight is 408 g/mol. The van der Waals surface area contributed by atoms with Crippen molar-refractivity contribution < 1.29 is 18.7 Å². The van der Waals surface area contributed by atoms with Crippen LogP contribution in [-0.4, -0.2) is 57.3 Å². The maximum atomic E-state index is 13.6. The van der Waals surface area contributed by atoms with E-state index >= 15 is 0 Å². The first-order valence-corrected chi connectivity index (χ1v) is 10.1. The number of ether oxygens (including phenoxy) is 2. The third-order valence-electron chi connectivity index (χ3n) is 5.44. The molecule has 1 heterocycles. The number of nitrogens with zero attached hydrogens (tertiary/aromatic N) is 1. The lowest BCUT2D eigenvalue weighted by Gasteiger charge is -2.26. The molecule has 156 valence electrons. The highest BCUT2D eigenvalue weighted by molar-refractivity contribution is 6.10. The van der Waals surface area contributed by atoms with Gasteiger partial charge in [-0.2, -0.15) is 0 Å². The lowest BCUT2D eigenvalue weighted by atomic mass is 9.95. The molecule has 0 aliphatic carbocycles. The minimum Gasteiger partial charge on any atom is -0.496 e. The van der Waals surface area contributed by atoms with Gasteiger partial charge in [0.1, 0.15) is 11.6 Å². The number of amides is 1. The van der Waals surface area contributed by atoms with E-state index in [4.69, 9.17) is 9.47 Å². The van der Waals surface area contributed by atoms with Crippen molar-refractivity contribution in [1.29, 1.82) is 0 Å². The molecule has 1 N–H and O–H groups in total. The van der Waals surface area contributed by atoms with Crippen molar-refractivity contribution in [2.24, 2.45) is 0 Å². The van der Waals surface area contributed by atoms with Crippen molar-refractivity contribution in [1.82, 2.24) is 10.2 Å². The zero-order chi connectivity index (χ0) is 20.9. The Morgan fingerprint density at radius 3 is 2.63 bits per heavy atom. The lowest BCUT2D eigenvalue weighted by molar-refractivity contribution is 0.0383. The number of hydrogen-bond acceptors (Lipinski definition) is 4. The number of halogens is 1. The van der Waals surface area contributed by atoms with Gasteiger partial charge in [0.15, 0.2) is 0 Å². The van der Waals surface area contributed by atoms with E-state index in [1.165, 1.54) is 19.2 Å². The molecule has 5 nitrogen and oxygen atoms in total. The number of fused-ring (bicyclic) bond motifs is 1. The Labute approximate surface area is 175 Å². The van der Waals surface area contributed by atoms with Crippen molar-refractivity contribution in [3.63, 3.8) is 0 Å². The SMILES string of the molecule is COc1cc(F)ccc1-c1cccc2c(C(=O)NCCN3CCOCC3)cccc12. The highest BCUT2D eigenvalue weighted by Gasteiger charge is 2.15. The second-order valence-corrected chi connectivity index (χ2v) is 7.26. The van der Waals surface area contributed by atoms with Crippen LogP contribution in [0.3, 0.4) is 0 Å². The number of morpholine rings is 1. The molecule has 1 amide bonds. The van der Waals surface area contributed by atoms with E-state index in [0.29, 0.717) is 17.9 Å². The zero-order valence-electron chi connectivity index (χ0n) is 17.0. The maximum Gasteiger partial charge on any atom is 0.251 e. The lowest BCUT2D eigenvalue weighted by Crippen LogP contribution is -2.41. The number of hydrogen-bond donors (Lipinski definition) is 1. The minimum absolute atomic E-state index is 0.0999. The summed E-state index contributed by atoms with van der Waals surface area (Å²) in [6, 6.07) is 16.0. The summed E-state index contributed by atoms with van der Waals surface area (Å²) in [6.07, 6.45) is 0. The molecule has 0 unspecified atom stereocenters. The largest absolute Gasteiger partial charge is 0.496 e. The number of methoxy groups -OCH3 is 1. The van der Waals surface area contributed by atoms with E-state index in [0.717, 1.165) is 54.7 Å². The van der Waals surface area contributed by atoms with Crippen LogP contribution in [0.25, 0.3) is 21.9 Å². The van der Waals surface area contributed by atoms with E-state index in [9.17, 15) is 9.18 Å². The first kappa shape index (κ1) is 20.3. The van der Waals surface area contributed by atoms with Crippen LogP contribution in [0.2, 0.25) is 0 Å². The van der Waals surface area contributed by atoms with Gasteiger partial charge in [-0.25, -0.2) is 4.39 Å². The number of rotatable bonds is 6. The van der Waals surface area contributed by atoms with Crippen molar-refractivity contribution in [3.8, 4) is 16.9 Å². The van der Waals surface area contributed by atoms with Gasteiger partial charge in [-0.15, -0.1) is 0 Å². The fraction of sp³-hybridized carbons (Fsp3) is 0.292. The second kappa shape index (κ2) is 9.24. The standard InChI is InChI=1S/C24H25FN2O3/c1-29-23-16-17(25)8-9-21(23)19-5-2-6-20-18(19)4-3-7-22(20)24(28)26-10-11-27-12-14-30-15-13-27/h2-9,16H,10-15H2,1H3,(H,26,28). The van der Waals surface area contributed by atoms with Gasteiger partial charge in [0.05, 0.1) is 20.3 Å². The van der Waals surface area contributed by atoms with Crippen LogP contribution < -0.4 is 10.1 Å². The van der Waals surface area contributed by atoms with Crippen molar-refractivity contribution in [2.75, 3.05) is 46.5 Å². The fourth-order valence-corrected chi connectivity index (χ4v) is 3.88. The minimum atomic E-state index is -0.351. The summed E-state index contributed by atoms with van der Waals surface area (Å²) < 4.78 is 24.4. The molecular formula is C24H25FN2O3. The summed E-state index contributed by atoms with van der Waals surface area (Å²) in [4.78, 5) is 15.2. The highest BCUT2D eigenvalue weighted by Crippen LogP contribution is 2.36. The zero-order valence-corrected chi connectivity index (χ0v) is 17.0. The Balaban J connectivity index is 1.60. The van der Waals surface area contributed by atoms with E-state index in [1.807, 2.05) is 36.4 Å². The second-order valence-electron chi connectivity index (χ2n) is 7.26. The van der Waals surface area contributed by atoms with Crippen LogP contribution in [0.15, 0.2) is 54.6 Å². The number of carbonyl (C=O) groups is 1. The van der Waals surface area contributed by atoms with Gasteiger partial charge in [0.25, 0.3) is 5.91 Å². The van der Waals surface area contributed by atoms with E-state index in [2.05, 4.69) is 10.2 Å². The molecule has 3 aromatic rings. The first-order chi connectivity index (χ1) is 14.7. The maximum absolute atomic E-state index is 13.6. The number of nitrogens with one attached hydrogen (secondary N) is 1. The molecule has 0 bridgehead atoms. The summed E-state index contributed by atoms with van der Waals surface area (Å²) in [5.41, 5.74) is 2.30. The van der Waals surface area contributed by atoms with Gasteiger partial charge in [-0.3, -0.25) is 9.69 Å². The van der Waals surface area contributed by atoms with Crippen molar-refractivity contribution in [3.05, 3.63) is 66.0 Å². The van der Waals surface area contributed by atoms with Gasteiger partial charge in [0, 0.05) is 43.4 Å². The molecule has 1 fully saturated rings. The molecule has 0 aromatic heterocycles. The van der Waals surface area contributed by atoms with Gasteiger partial charge in [-0.05, 0) is 34.5 Å². The first-order valence-electron chi connectivity index (χ1n) is 10.1. The highest BCUT2D eigenvalue weighted by atomic mass is 19.1. The van der Waals surface area contributed by atoms with Gasteiger partial charge >= 0.3 is 0 Å². The third kappa shape index (κ3) is 4.30. The van der Waals surface area contributed by atoms with Crippen LogP contribution in [-0.2, 0) is 4.74 Å². The summed E-state index contributed by atoms with van der Waals surface area (Å²) in [5.74, 6) is 0.0103. The molecule has 6 heteroatoms. The average Bonchev–Trinajstić information content (AvgIpc) is 2.79. The molecule has 0 saturated carbocycles. The topological polar surface area (TPSA) is 50.8 Å². The Kier molecular flexibility index (Phi) is 6.26. The Bertz CT molecular complexity index is 1050. The quantitative estimate of drug-likeness (QED) is 0.676. The smallest absolute Gasteiger partial charge is 0.251 e. The Morgan fingerprint density at radius 1 is 1.07 bits per heavy atom. The molecule has 0 radical (unpaired) electrons. The van der Waals surface area contributed by atoms with E-state index < -0.39 is 0 Å². The van der Waals surface area contributed by atoms with Crippen LogP contribution in [0.5, 0.6) is 5.75 Å². The molecule has 30 heavy (non-hydrogen) atoms. The van der Waals surface area contributed by atoms with Crippen molar-refractivity contribution in [2.45, 2.75) is 0 Å². The molecule has 4 rings (SSSR count). The van der Waals surface area contributed by atoms with Crippen molar-refractivity contribution >= 4 is 16.7 Å². The summed E-state index contributed by atoms with van der Waals surface area (Å²) in [5, 5.41) is 4.80. The van der Waals surface area contributed by atoms with Crippen LogP contribution in [0, 0.1) is 5.82 Å². The normalized spacial score (nSPS) is 14.6. The van der Waals surface area contributed by atoms with E-state index in [-0.39, 0.29) is 11.7 Å². The number of carbonyl (C=O) groups excluding carboxylic acids is 1. The molecule has 1 saturated heterocycles. The van der Waals surface area contributed by atoms with Crippen LogP contribution in [0.4, 0.5) is 4.39 Å². The monoisotopic (exact) mass is 408 g/mol. The predicted molar refractivity (Wildman–Crippen MR) is 115 cm³/mol. The Hall–Kier alpha value is -2.96. The number of benzene rings is 3. The van der Waals surface area contributed by atoms with Crippen LogP contribution >= 0.6 is 0 Å². The molecule has 0 spiro atoms. The molecular weight excluding hydrogens is 383 g/mol. The Morgan fingerprint density at radius 2 is 1.83 bits per heavy atom.